The van der Waals surface area contributed by atoms with Gasteiger partial charge in [-0.15, -0.1) is 11.3 Å². The van der Waals surface area contributed by atoms with E-state index >= 15 is 0 Å². The van der Waals surface area contributed by atoms with E-state index in [1.54, 1.807) is 0 Å². The molecule has 3 unspecified atom stereocenters. The van der Waals surface area contributed by atoms with Crippen molar-refractivity contribution in [1.82, 2.24) is 10.3 Å². The summed E-state index contributed by atoms with van der Waals surface area (Å²) in [6, 6.07) is 0. The summed E-state index contributed by atoms with van der Waals surface area (Å²) in [6.07, 6.45) is 7.03. The van der Waals surface area contributed by atoms with E-state index in [4.69, 9.17) is 4.98 Å². The minimum atomic E-state index is 0.553. The van der Waals surface area contributed by atoms with Crippen LogP contribution in [0.4, 0.5) is 0 Å². The fourth-order valence-electron chi connectivity index (χ4n) is 4.04. The number of nitrogens with one attached hydrogen (secondary N) is 1. The van der Waals surface area contributed by atoms with Crippen LogP contribution in [0.2, 0.25) is 0 Å². The Hall–Kier alpha value is -0.410. The lowest BCUT2D eigenvalue weighted by atomic mass is 9.89. The maximum Gasteiger partial charge on any atom is 0.0965 e. The summed E-state index contributed by atoms with van der Waals surface area (Å²) in [5.41, 5.74) is 1.36. The van der Waals surface area contributed by atoms with E-state index < -0.39 is 0 Å². The molecule has 3 heteroatoms. The minimum Gasteiger partial charge on any atom is -0.312 e. The van der Waals surface area contributed by atoms with Gasteiger partial charge in [-0.05, 0) is 50.0 Å². The first kappa shape index (κ1) is 14.5. The first-order chi connectivity index (χ1) is 9.69. The molecule has 1 aromatic rings. The molecular weight excluding hydrogens is 264 g/mol. The number of hydrogen-bond acceptors (Lipinski definition) is 3. The summed E-state index contributed by atoms with van der Waals surface area (Å²) in [5.74, 6) is 3.30. The number of thiazole rings is 1. The molecule has 1 heterocycles. The van der Waals surface area contributed by atoms with Gasteiger partial charge in [0.25, 0.3) is 0 Å². The first-order valence-electron chi connectivity index (χ1n) is 8.39. The van der Waals surface area contributed by atoms with Crippen molar-refractivity contribution >= 4 is 11.3 Å². The normalized spacial score (nSPS) is 28.7. The van der Waals surface area contributed by atoms with Crippen LogP contribution in [0.1, 0.15) is 80.3 Å². The van der Waals surface area contributed by atoms with Crippen molar-refractivity contribution in [3.63, 3.8) is 0 Å². The van der Waals surface area contributed by atoms with Gasteiger partial charge in [0.1, 0.15) is 0 Å². The van der Waals surface area contributed by atoms with Gasteiger partial charge >= 0.3 is 0 Å². The zero-order valence-corrected chi connectivity index (χ0v) is 13.9. The Morgan fingerprint density at radius 1 is 1.30 bits per heavy atom. The van der Waals surface area contributed by atoms with Crippen LogP contribution in [0, 0.1) is 11.8 Å². The third-order valence-corrected chi connectivity index (χ3v) is 6.26. The van der Waals surface area contributed by atoms with Crippen LogP contribution in [-0.2, 0) is 6.54 Å². The predicted octanol–water partition coefficient (Wildman–Crippen LogP) is 4.67. The predicted molar refractivity (Wildman–Crippen MR) is 86.4 cm³/mol. The lowest BCUT2D eigenvalue weighted by molar-refractivity contribution is 0.418. The molecule has 2 nitrogen and oxygen atoms in total. The van der Waals surface area contributed by atoms with Gasteiger partial charge in [0.15, 0.2) is 0 Å². The lowest BCUT2D eigenvalue weighted by Crippen LogP contribution is -2.14. The third-order valence-electron chi connectivity index (χ3n) is 5.06. The Morgan fingerprint density at radius 2 is 2.15 bits per heavy atom. The molecule has 2 fully saturated rings. The smallest absolute Gasteiger partial charge is 0.0965 e. The molecule has 112 valence electrons. The van der Waals surface area contributed by atoms with Crippen LogP contribution >= 0.6 is 11.3 Å². The van der Waals surface area contributed by atoms with Crippen LogP contribution in [0.3, 0.4) is 0 Å². The van der Waals surface area contributed by atoms with Gasteiger partial charge in [0, 0.05) is 17.3 Å². The molecule has 0 radical (unpaired) electrons. The molecule has 3 rings (SSSR count). The fraction of sp³-hybridized carbons (Fsp3) is 0.824. The van der Waals surface area contributed by atoms with Gasteiger partial charge in [-0.2, -0.15) is 0 Å². The zero-order valence-electron chi connectivity index (χ0n) is 13.1. The summed E-state index contributed by atoms with van der Waals surface area (Å²) in [5, 5.41) is 5.01. The summed E-state index contributed by atoms with van der Waals surface area (Å²) < 4.78 is 0. The molecule has 2 bridgehead atoms. The second-order valence-electron chi connectivity index (χ2n) is 6.97. The zero-order chi connectivity index (χ0) is 14.1. The van der Waals surface area contributed by atoms with Crippen LogP contribution in [-0.4, -0.2) is 11.5 Å². The van der Waals surface area contributed by atoms with E-state index in [0.29, 0.717) is 5.92 Å². The molecule has 0 aromatic carbocycles. The second kappa shape index (κ2) is 6.15. The fourth-order valence-corrected chi connectivity index (χ4v) is 5.44. The highest BCUT2D eigenvalue weighted by atomic mass is 32.1. The molecule has 20 heavy (non-hydrogen) atoms. The highest BCUT2D eigenvalue weighted by Crippen LogP contribution is 2.53. The summed E-state index contributed by atoms with van der Waals surface area (Å²) >= 11 is 2.00. The maximum atomic E-state index is 5.07. The number of nitrogens with zero attached hydrogens (tertiary/aromatic N) is 1. The van der Waals surface area contributed by atoms with Gasteiger partial charge < -0.3 is 5.32 Å². The molecule has 1 aromatic heterocycles. The van der Waals surface area contributed by atoms with Crippen molar-refractivity contribution in [3.8, 4) is 0 Å². The number of aromatic nitrogens is 1. The molecule has 3 atom stereocenters. The Bertz CT molecular complexity index is 452. The molecule has 0 spiro atoms. The van der Waals surface area contributed by atoms with Gasteiger partial charge in [0.05, 0.1) is 10.7 Å². The van der Waals surface area contributed by atoms with E-state index in [1.165, 1.54) is 47.7 Å². The van der Waals surface area contributed by atoms with Crippen LogP contribution < -0.4 is 5.32 Å². The molecule has 0 amide bonds. The Morgan fingerprint density at radius 3 is 2.75 bits per heavy atom. The topological polar surface area (TPSA) is 24.9 Å². The van der Waals surface area contributed by atoms with Gasteiger partial charge in [-0.25, -0.2) is 4.98 Å². The van der Waals surface area contributed by atoms with E-state index in [9.17, 15) is 0 Å². The summed E-state index contributed by atoms with van der Waals surface area (Å²) in [4.78, 5) is 6.56. The van der Waals surface area contributed by atoms with Crippen molar-refractivity contribution in [1.29, 1.82) is 0 Å². The van der Waals surface area contributed by atoms with E-state index in [0.717, 1.165) is 30.8 Å². The maximum absolute atomic E-state index is 5.07. The number of fused-ring (bicyclic) bond motifs is 2. The Kier molecular flexibility index (Phi) is 4.46. The van der Waals surface area contributed by atoms with Crippen LogP contribution in [0.25, 0.3) is 0 Å². The SMILES string of the molecule is CCCNCc1sc(C2CC3CCC2C3)nc1C(C)C. The van der Waals surface area contributed by atoms with Crippen molar-refractivity contribution < 1.29 is 0 Å². The highest BCUT2D eigenvalue weighted by molar-refractivity contribution is 7.11. The van der Waals surface area contributed by atoms with E-state index in [1.807, 2.05) is 11.3 Å². The molecule has 2 aliphatic rings. The highest BCUT2D eigenvalue weighted by Gasteiger charge is 2.41. The molecule has 2 saturated carbocycles. The van der Waals surface area contributed by atoms with Crippen LogP contribution in [0.15, 0.2) is 0 Å². The number of rotatable bonds is 6. The molecule has 1 N–H and O–H groups in total. The Balaban J connectivity index is 1.76. The van der Waals surface area contributed by atoms with Gasteiger partial charge in [-0.3, -0.25) is 0 Å². The summed E-state index contributed by atoms with van der Waals surface area (Å²) in [6.45, 7) is 8.91. The standard InChI is InChI=1S/C17H28N2S/c1-4-7-18-10-15-16(11(2)3)19-17(20-15)14-9-12-5-6-13(14)8-12/h11-14,18H,4-10H2,1-3H3. The third kappa shape index (κ3) is 2.80. The average Bonchev–Trinajstić information content (AvgIpc) is 3.13. The van der Waals surface area contributed by atoms with E-state index in [2.05, 4.69) is 26.1 Å². The average molecular weight is 292 g/mol. The number of hydrogen-bond donors (Lipinski definition) is 1. The quantitative estimate of drug-likeness (QED) is 0.771. The van der Waals surface area contributed by atoms with E-state index in [-0.39, 0.29) is 0 Å². The van der Waals surface area contributed by atoms with Gasteiger partial charge in [-0.1, -0.05) is 27.2 Å². The minimum absolute atomic E-state index is 0.553. The largest absolute Gasteiger partial charge is 0.312 e. The molecular formula is C17H28N2S. The molecule has 0 aliphatic heterocycles. The van der Waals surface area contributed by atoms with Crippen molar-refractivity contribution in [3.05, 3.63) is 15.6 Å². The molecule has 2 aliphatic carbocycles. The van der Waals surface area contributed by atoms with Crippen molar-refractivity contribution in [2.45, 2.75) is 71.3 Å². The first-order valence-corrected chi connectivity index (χ1v) is 9.20. The monoisotopic (exact) mass is 292 g/mol. The lowest BCUT2D eigenvalue weighted by Gasteiger charge is -2.19. The molecule has 0 saturated heterocycles. The van der Waals surface area contributed by atoms with Crippen LogP contribution in [0.5, 0.6) is 0 Å². The summed E-state index contributed by atoms with van der Waals surface area (Å²) in [7, 11) is 0. The van der Waals surface area contributed by atoms with Crippen molar-refractivity contribution in [2.75, 3.05) is 6.54 Å². The second-order valence-corrected chi connectivity index (χ2v) is 8.09. The van der Waals surface area contributed by atoms with Crippen molar-refractivity contribution in [2.24, 2.45) is 11.8 Å². The van der Waals surface area contributed by atoms with Gasteiger partial charge in [0.2, 0.25) is 0 Å². The Labute approximate surface area is 127 Å².